The molecule has 1 aliphatic heterocycles. The molecule has 2 rings (SSSR count). The van der Waals surface area contributed by atoms with E-state index in [0.29, 0.717) is 17.5 Å². The third-order valence-corrected chi connectivity index (χ3v) is 3.36. The molecule has 1 fully saturated rings. The fourth-order valence-corrected chi connectivity index (χ4v) is 2.27. The van der Waals surface area contributed by atoms with Crippen molar-refractivity contribution < 1.29 is 9.18 Å². The lowest BCUT2D eigenvalue weighted by molar-refractivity contribution is 0.0941. The van der Waals surface area contributed by atoms with Crippen LogP contribution < -0.4 is 10.6 Å². The number of hydrogen-bond acceptors (Lipinski definition) is 2. The molecule has 1 atom stereocenters. The topological polar surface area (TPSA) is 41.1 Å². The Morgan fingerprint density at radius 2 is 2.32 bits per heavy atom. The van der Waals surface area contributed by atoms with Gasteiger partial charge in [-0.2, -0.15) is 0 Å². The van der Waals surface area contributed by atoms with Crippen LogP contribution in [0.2, 0.25) is 5.02 Å². The van der Waals surface area contributed by atoms with Gasteiger partial charge < -0.3 is 10.6 Å². The highest BCUT2D eigenvalue weighted by Gasteiger charge is 2.16. The van der Waals surface area contributed by atoms with Crippen molar-refractivity contribution in [2.75, 3.05) is 19.6 Å². The second-order valence-electron chi connectivity index (χ2n) is 4.55. The van der Waals surface area contributed by atoms with Gasteiger partial charge in [-0.1, -0.05) is 11.6 Å². The number of carbonyl (C=O) groups is 1. The number of nitrogens with one attached hydrogen (secondary N) is 2. The maximum atomic E-state index is 13.5. The average Bonchev–Trinajstić information content (AvgIpc) is 2.40. The molecule has 6 heteroatoms. The molecule has 0 saturated carbocycles. The van der Waals surface area contributed by atoms with Gasteiger partial charge in [-0.25, -0.2) is 4.39 Å². The molecular weight excluding hydrogens is 290 g/mol. The van der Waals surface area contributed by atoms with Gasteiger partial charge in [0.05, 0.1) is 5.56 Å². The Morgan fingerprint density at radius 1 is 1.53 bits per heavy atom. The molecule has 106 valence electrons. The lowest BCUT2D eigenvalue weighted by atomic mass is 9.99. The van der Waals surface area contributed by atoms with Crippen molar-refractivity contribution in [1.29, 1.82) is 0 Å². The van der Waals surface area contributed by atoms with E-state index in [1.54, 1.807) is 0 Å². The quantitative estimate of drug-likeness (QED) is 0.901. The van der Waals surface area contributed by atoms with Crippen LogP contribution in [-0.2, 0) is 0 Å². The predicted molar refractivity (Wildman–Crippen MR) is 76.6 cm³/mol. The summed E-state index contributed by atoms with van der Waals surface area (Å²) >= 11 is 5.75. The van der Waals surface area contributed by atoms with Gasteiger partial charge in [0.15, 0.2) is 0 Å². The second kappa shape index (κ2) is 7.68. The molecule has 1 heterocycles. The molecule has 19 heavy (non-hydrogen) atoms. The molecule has 3 nitrogen and oxygen atoms in total. The first-order chi connectivity index (χ1) is 8.66. The fourth-order valence-electron chi connectivity index (χ4n) is 2.10. The number of hydrogen-bond donors (Lipinski definition) is 2. The van der Waals surface area contributed by atoms with Crippen LogP contribution in [0.1, 0.15) is 23.2 Å². The van der Waals surface area contributed by atoms with E-state index < -0.39 is 11.7 Å². The highest BCUT2D eigenvalue weighted by atomic mass is 35.5. The van der Waals surface area contributed by atoms with Crippen molar-refractivity contribution in [2.24, 2.45) is 5.92 Å². The molecule has 1 aromatic carbocycles. The number of amides is 1. The molecule has 2 N–H and O–H groups in total. The third kappa shape index (κ3) is 4.64. The third-order valence-electron chi connectivity index (χ3n) is 3.12. The van der Waals surface area contributed by atoms with Crippen LogP contribution in [0.5, 0.6) is 0 Å². The van der Waals surface area contributed by atoms with Crippen LogP contribution >= 0.6 is 24.0 Å². The number of benzene rings is 1. The van der Waals surface area contributed by atoms with Crippen molar-refractivity contribution in [3.05, 3.63) is 34.6 Å². The Labute approximate surface area is 123 Å². The Balaban J connectivity index is 0.00000180. The molecule has 1 saturated heterocycles. The average molecular weight is 307 g/mol. The summed E-state index contributed by atoms with van der Waals surface area (Å²) in [5.74, 6) is -0.524. The number of carbonyl (C=O) groups excluding carboxylic acids is 1. The van der Waals surface area contributed by atoms with Crippen molar-refractivity contribution in [2.45, 2.75) is 12.8 Å². The SMILES string of the molecule is Cl.O=C(NCC1CCCNC1)c1cc(Cl)ccc1F. The monoisotopic (exact) mass is 306 g/mol. The predicted octanol–water partition coefficient (Wildman–Crippen LogP) is 2.63. The van der Waals surface area contributed by atoms with E-state index in [4.69, 9.17) is 11.6 Å². The molecule has 0 aliphatic carbocycles. The second-order valence-corrected chi connectivity index (χ2v) is 4.98. The highest BCUT2D eigenvalue weighted by Crippen LogP contribution is 2.15. The minimum Gasteiger partial charge on any atom is -0.352 e. The van der Waals surface area contributed by atoms with E-state index in [1.807, 2.05) is 0 Å². The van der Waals surface area contributed by atoms with Crippen LogP contribution in [0.3, 0.4) is 0 Å². The summed E-state index contributed by atoms with van der Waals surface area (Å²) in [6.07, 6.45) is 2.21. The maximum Gasteiger partial charge on any atom is 0.254 e. The highest BCUT2D eigenvalue weighted by molar-refractivity contribution is 6.30. The summed E-state index contributed by atoms with van der Waals surface area (Å²) in [5, 5.41) is 6.39. The van der Waals surface area contributed by atoms with E-state index in [1.165, 1.54) is 18.2 Å². The normalized spacial score (nSPS) is 18.5. The first-order valence-electron chi connectivity index (χ1n) is 6.11. The number of piperidine rings is 1. The largest absolute Gasteiger partial charge is 0.352 e. The lowest BCUT2D eigenvalue weighted by Crippen LogP contribution is -2.38. The van der Waals surface area contributed by atoms with Crippen LogP contribution in [0.25, 0.3) is 0 Å². The summed E-state index contributed by atoms with van der Waals surface area (Å²) in [6.45, 7) is 2.50. The van der Waals surface area contributed by atoms with Gasteiger partial charge in [-0.15, -0.1) is 12.4 Å². The zero-order valence-electron chi connectivity index (χ0n) is 10.4. The molecular formula is C13H17Cl2FN2O. The van der Waals surface area contributed by atoms with Crippen molar-refractivity contribution in [3.63, 3.8) is 0 Å². The van der Waals surface area contributed by atoms with E-state index in [2.05, 4.69) is 10.6 Å². The molecule has 0 aromatic heterocycles. The van der Waals surface area contributed by atoms with Gasteiger partial charge in [0.1, 0.15) is 5.82 Å². The first-order valence-corrected chi connectivity index (χ1v) is 6.48. The molecule has 1 aliphatic rings. The van der Waals surface area contributed by atoms with Gasteiger partial charge in [0.25, 0.3) is 5.91 Å². The number of rotatable bonds is 3. The standard InChI is InChI=1S/C13H16ClFN2O.ClH/c14-10-3-4-12(15)11(6-10)13(18)17-8-9-2-1-5-16-7-9;/h3-4,6,9,16H,1-2,5,7-8H2,(H,17,18);1H. The Bertz CT molecular complexity index is 437. The Morgan fingerprint density at radius 3 is 3.00 bits per heavy atom. The van der Waals surface area contributed by atoms with Crippen LogP contribution in [0.4, 0.5) is 4.39 Å². The summed E-state index contributed by atoms with van der Waals surface area (Å²) in [6, 6.07) is 3.99. The zero-order chi connectivity index (χ0) is 13.0. The Hall–Kier alpha value is -0.840. The summed E-state index contributed by atoms with van der Waals surface area (Å²) < 4.78 is 13.5. The van der Waals surface area contributed by atoms with Crippen LogP contribution in [0.15, 0.2) is 18.2 Å². The molecule has 0 radical (unpaired) electrons. The fraction of sp³-hybridized carbons (Fsp3) is 0.462. The van der Waals surface area contributed by atoms with Crippen molar-refractivity contribution >= 4 is 29.9 Å². The van der Waals surface area contributed by atoms with Crippen molar-refractivity contribution in [1.82, 2.24) is 10.6 Å². The van der Waals surface area contributed by atoms with Crippen molar-refractivity contribution in [3.8, 4) is 0 Å². The molecule has 0 bridgehead atoms. The smallest absolute Gasteiger partial charge is 0.254 e. The lowest BCUT2D eigenvalue weighted by Gasteiger charge is -2.22. The van der Waals surface area contributed by atoms with Gasteiger partial charge in [-0.05, 0) is 50.0 Å². The van der Waals surface area contributed by atoms with Crippen LogP contribution in [-0.4, -0.2) is 25.5 Å². The van der Waals surface area contributed by atoms with E-state index in [0.717, 1.165) is 25.9 Å². The summed E-state index contributed by atoms with van der Waals surface area (Å²) in [5.41, 5.74) is 0.00580. The molecule has 0 spiro atoms. The van der Waals surface area contributed by atoms with E-state index >= 15 is 0 Å². The van der Waals surface area contributed by atoms with E-state index in [-0.39, 0.29) is 18.0 Å². The van der Waals surface area contributed by atoms with E-state index in [9.17, 15) is 9.18 Å². The minimum absolute atomic E-state index is 0. The molecule has 1 unspecified atom stereocenters. The van der Waals surface area contributed by atoms with Gasteiger partial charge >= 0.3 is 0 Å². The van der Waals surface area contributed by atoms with Gasteiger partial charge in [0.2, 0.25) is 0 Å². The molecule has 1 aromatic rings. The first kappa shape index (κ1) is 16.2. The van der Waals surface area contributed by atoms with Gasteiger partial charge in [0, 0.05) is 11.6 Å². The Kier molecular flexibility index (Phi) is 6.55. The molecule has 1 amide bonds. The summed E-state index contributed by atoms with van der Waals surface area (Å²) in [4.78, 5) is 11.8. The minimum atomic E-state index is -0.543. The van der Waals surface area contributed by atoms with Gasteiger partial charge in [-0.3, -0.25) is 4.79 Å². The summed E-state index contributed by atoms with van der Waals surface area (Å²) in [7, 11) is 0. The zero-order valence-corrected chi connectivity index (χ0v) is 12.0. The van der Waals surface area contributed by atoms with Crippen LogP contribution in [0, 0.1) is 11.7 Å². The number of halogens is 3. The maximum absolute atomic E-state index is 13.5.